The molecule has 50 heavy (non-hydrogen) atoms. The van der Waals surface area contributed by atoms with Crippen LogP contribution in [-0.2, 0) is 58.9 Å². The zero-order valence-corrected chi connectivity index (χ0v) is 27.4. The third-order valence-electron chi connectivity index (χ3n) is 9.14. The van der Waals surface area contributed by atoms with Gasteiger partial charge in [-0.2, -0.15) is 0 Å². The highest BCUT2D eigenvalue weighted by Gasteiger charge is 2.46. The number of carbonyl (C=O) groups is 5. The zero-order valence-electron chi connectivity index (χ0n) is 27.4. The van der Waals surface area contributed by atoms with E-state index in [0.29, 0.717) is 28.0 Å². The minimum absolute atomic E-state index is 0.0488. The number of hydrogen-bond acceptors (Lipinski definition) is 11. The molecule has 1 aromatic heterocycles. The molecule has 1 unspecified atom stereocenters. The fraction of sp³-hybridized carbons (Fsp3) is 0.306. The van der Waals surface area contributed by atoms with E-state index in [1.165, 1.54) is 34.8 Å². The van der Waals surface area contributed by atoms with Gasteiger partial charge in [0.1, 0.15) is 18.9 Å². The topological polar surface area (TPSA) is 185 Å². The van der Waals surface area contributed by atoms with Crippen LogP contribution >= 0.6 is 0 Å². The molecule has 3 aromatic rings. The maximum Gasteiger partial charge on any atom is 0.416 e. The number of aliphatic hydroxyl groups is 3. The van der Waals surface area contributed by atoms with Crippen molar-refractivity contribution in [2.75, 3.05) is 18.6 Å². The van der Waals surface area contributed by atoms with Crippen LogP contribution in [0.1, 0.15) is 65.6 Å². The molecule has 3 heterocycles. The Morgan fingerprint density at radius 2 is 1.62 bits per heavy atom. The number of esters is 1. The van der Waals surface area contributed by atoms with Gasteiger partial charge < -0.3 is 39.0 Å². The van der Waals surface area contributed by atoms with Crippen molar-refractivity contribution in [2.24, 2.45) is 7.05 Å². The average molecular weight is 686 g/mol. The van der Waals surface area contributed by atoms with Crippen LogP contribution < -0.4 is 4.90 Å². The van der Waals surface area contributed by atoms with Crippen molar-refractivity contribution in [3.05, 3.63) is 111 Å². The van der Waals surface area contributed by atoms with Gasteiger partial charge in [-0.05, 0) is 46.9 Å². The van der Waals surface area contributed by atoms with Crippen LogP contribution in [0.3, 0.4) is 0 Å². The number of hydrogen-bond donors (Lipinski definition) is 3. The van der Waals surface area contributed by atoms with E-state index in [4.69, 9.17) is 14.2 Å². The highest BCUT2D eigenvalue weighted by molar-refractivity contribution is 6.23. The Labute approximate surface area is 286 Å². The number of rotatable bonds is 9. The molecule has 1 aliphatic carbocycles. The van der Waals surface area contributed by atoms with Gasteiger partial charge in [0.25, 0.3) is 5.91 Å². The van der Waals surface area contributed by atoms with Gasteiger partial charge in [-0.1, -0.05) is 36.4 Å². The van der Waals surface area contributed by atoms with Crippen molar-refractivity contribution in [2.45, 2.75) is 51.5 Å². The van der Waals surface area contributed by atoms with Crippen LogP contribution in [-0.4, -0.2) is 80.2 Å². The van der Waals surface area contributed by atoms with E-state index < -0.39 is 49.2 Å². The van der Waals surface area contributed by atoms with Gasteiger partial charge >= 0.3 is 12.1 Å². The number of ketones is 2. The summed E-state index contributed by atoms with van der Waals surface area (Å²) in [4.78, 5) is 67.2. The number of aliphatic hydroxyl groups excluding tert-OH is 3. The monoisotopic (exact) mass is 685 g/mol. The molecule has 3 N–H and O–H groups in total. The summed E-state index contributed by atoms with van der Waals surface area (Å²) in [5.74, 6) is -1.86. The van der Waals surface area contributed by atoms with E-state index in [9.17, 15) is 39.3 Å². The number of ether oxygens (including phenoxy) is 3. The molecule has 0 radical (unpaired) electrons. The molecule has 14 nitrogen and oxygen atoms in total. The van der Waals surface area contributed by atoms with Crippen LogP contribution in [0.5, 0.6) is 0 Å². The van der Waals surface area contributed by atoms with E-state index in [-0.39, 0.29) is 72.2 Å². The number of nitrogens with zero attached hydrogens (tertiary/aromatic N) is 3. The van der Waals surface area contributed by atoms with Gasteiger partial charge in [0.05, 0.1) is 55.3 Å². The molecule has 2 atom stereocenters. The second kappa shape index (κ2) is 13.7. The Balaban J connectivity index is 1.10. The molecule has 1 saturated heterocycles. The first-order chi connectivity index (χ1) is 23.9. The number of Topliss-reactive ketones (excluding diaryl/α,β-unsaturated/α-hetero) is 1. The Kier molecular flexibility index (Phi) is 9.43. The Morgan fingerprint density at radius 1 is 0.940 bits per heavy atom. The first-order valence-corrected chi connectivity index (χ1v) is 15.7. The average Bonchev–Trinajstić information content (AvgIpc) is 3.65. The summed E-state index contributed by atoms with van der Waals surface area (Å²) in [5, 5.41) is 31.1. The summed E-state index contributed by atoms with van der Waals surface area (Å²) < 4.78 is 17.5. The standard InChI is InChI=1S/C36H35N3O11/c1-19-8-28-35(46)39(27-11-23(16-41)22(15-40)10-25(27)34(45)38(28)14-19)36(47)50-17-21-6-4-20(5-7-21)9-31(43)49-18-24-12-26-32(37(24)2)29(42)13-30(48-3)33(26)44/h4-7,10-13,28,35,40-41,46H,1,8-9,14-18H2,2-3H3/t28-,35?/m0/s1. The Hall–Kier alpha value is -5.57. The van der Waals surface area contributed by atoms with Gasteiger partial charge in [-0.25, -0.2) is 9.69 Å². The van der Waals surface area contributed by atoms with Crippen molar-refractivity contribution in [1.82, 2.24) is 9.47 Å². The van der Waals surface area contributed by atoms with Gasteiger partial charge in [-0.3, -0.25) is 19.2 Å². The number of methoxy groups -OCH3 is 1. The summed E-state index contributed by atoms with van der Waals surface area (Å²) in [5.41, 5.74) is 3.45. The number of carbonyl (C=O) groups excluding carboxylic acids is 5. The normalized spacial score (nSPS) is 18.3. The lowest BCUT2D eigenvalue weighted by Gasteiger charge is -2.31. The Bertz CT molecular complexity index is 1960. The van der Waals surface area contributed by atoms with Crippen LogP contribution in [0, 0.1) is 0 Å². The smallest absolute Gasteiger partial charge is 0.416 e. The predicted molar refractivity (Wildman–Crippen MR) is 175 cm³/mol. The fourth-order valence-electron chi connectivity index (χ4n) is 6.48. The summed E-state index contributed by atoms with van der Waals surface area (Å²) in [6.45, 7) is 2.87. The highest BCUT2D eigenvalue weighted by atomic mass is 16.6. The molecule has 0 spiro atoms. The number of fused-ring (bicyclic) bond motifs is 3. The van der Waals surface area contributed by atoms with Gasteiger partial charge in [0.2, 0.25) is 11.6 Å². The third kappa shape index (κ3) is 6.19. The molecular formula is C36H35N3O11. The number of anilines is 1. The quantitative estimate of drug-likeness (QED) is 0.222. The Morgan fingerprint density at radius 3 is 2.30 bits per heavy atom. The first kappa shape index (κ1) is 34.3. The van der Waals surface area contributed by atoms with Gasteiger partial charge in [-0.15, -0.1) is 0 Å². The fourth-order valence-corrected chi connectivity index (χ4v) is 6.48. The molecule has 1 fully saturated rings. The minimum atomic E-state index is -1.48. The van der Waals surface area contributed by atoms with E-state index >= 15 is 0 Å². The number of allylic oxidation sites excluding steroid dienone is 2. The zero-order chi connectivity index (χ0) is 35.9. The first-order valence-electron chi connectivity index (χ1n) is 15.7. The molecule has 0 bridgehead atoms. The molecule has 6 rings (SSSR count). The van der Waals surface area contributed by atoms with Gasteiger partial charge in [0, 0.05) is 19.7 Å². The van der Waals surface area contributed by atoms with E-state index in [1.807, 2.05) is 0 Å². The molecule has 0 saturated carbocycles. The van der Waals surface area contributed by atoms with Crippen molar-refractivity contribution in [1.29, 1.82) is 0 Å². The van der Waals surface area contributed by atoms with Crippen molar-refractivity contribution in [3.8, 4) is 0 Å². The second-order valence-corrected chi connectivity index (χ2v) is 12.3. The number of benzene rings is 2. The predicted octanol–water partition coefficient (Wildman–Crippen LogP) is 2.45. The molecule has 2 aliphatic heterocycles. The minimum Gasteiger partial charge on any atom is -0.492 e. The van der Waals surface area contributed by atoms with Crippen molar-refractivity contribution < 1.29 is 53.5 Å². The summed E-state index contributed by atoms with van der Waals surface area (Å²) in [6.07, 6.45) is -1.08. The molecular weight excluding hydrogens is 650 g/mol. The maximum absolute atomic E-state index is 13.6. The number of amides is 2. The highest BCUT2D eigenvalue weighted by Crippen LogP contribution is 2.38. The van der Waals surface area contributed by atoms with Crippen LogP contribution in [0.25, 0.3) is 0 Å². The van der Waals surface area contributed by atoms with E-state index in [2.05, 4.69) is 6.58 Å². The summed E-state index contributed by atoms with van der Waals surface area (Å²) in [7, 11) is 2.91. The maximum atomic E-state index is 13.6. The van der Waals surface area contributed by atoms with Gasteiger partial charge in [0.15, 0.2) is 12.0 Å². The lowest BCUT2D eigenvalue weighted by Crippen LogP contribution is -2.50. The van der Waals surface area contributed by atoms with Crippen LogP contribution in [0.4, 0.5) is 10.5 Å². The molecule has 2 amide bonds. The lowest BCUT2D eigenvalue weighted by molar-refractivity contribution is -0.144. The third-order valence-corrected chi connectivity index (χ3v) is 9.14. The van der Waals surface area contributed by atoms with E-state index in [0.717, 1.165) is 11.0 Å². The summed E-state index contributed by atoms with van der Waals surface area (Å²) in [6, 6.07) is 10.2. The molecule has 2 aromatic carbocycles. The number of aromatic nitrogens is 1. The van der Waals surface area contributed by atoms with Crippen LogP contribution in [0.15, 0.2) is 66.5 Å². The van der Waals surface area contributed by atoms with Crippen molar-refractivity contribution >= 4 is 35.2 Å². The summed E-state index contributed by atoms with van der Waals surface area (Å²) >= 11 is 0. The lowest BCUT2D eigenvalue weighted by atomic mass is 10.0. The molecule has 3 aliphatic rings. The second-order valence-electron chi connectivity index (χ2n) is 12.3. The molecule has 14 heteroatoms. The van der Waals surface area contributed by atoms with Crippen LogP contribution in [0.2, 0.25) is 0 Å². The van der Waals surface area contributed by atoms with E-state index in [1.54, 1.807) is 31.3 Å². The SMILES string of the molecule is C=C1C[C@H]2C(O)N(C(=O)OCc3ccc(CC(=O)OCc4cc5c(n4C)C(=O)C=C(OC)C5=O)cc3)c3cc(CO)c(CO)cc3C(=O)N2C1. The van der Waals surface area contributed by atoms with Crippen molar-refractivity contribution in [3.63, 3.8) is 0 Å². The largest absolute Gasteiger partial charge is 0.492 e. The molecule has 260 valence electrons.